The fraction of sp³-hybridized carbons (Fsp3) is 0.526. The number of halogens is 1. The first-order valence-electron chi connectivity index (χ1n) is 8.87. The maximum atomic E-state index is 12.4. The van der Waals surface area contributed by atoms with E-state index in [0.717, 1.165) is 18.5 Å². The maximum absolute atomic E-state index is 12.4. The van der Waals surface area contributed by atoms with Gasteiger partial charge in [-0.05, 0) is 52.9 Å². The van der Waals surface area contributed by atoms with Gasteiger partial charge >= 0.3 is 0 Å². The van der Waals surface area contributed by atoms with Gasteiger partial charge in [-0.2, -0.15) is 5.10 Å². The average molecular weight is 422 g/mol. The molecule has 26 heavy (non-hydrogen) atoms. The topological polar surface area (TPSA) is 68.3 Å². The number of hydrogen-bond donors (Lipinski definition) is 0. The minimum absolute atomic E-state index is 0.0723. The molecule has 0 unspecified atom stereocenters. The fourth-order valence-electron chi connectivity index (χ4n) is 3.13. The minimum atomic E-state index is -0.0947. The van der Waals surface area contributed by atoms with Gasteiger partial charge in [-0.1, -0.05) is 20.8 Å². The second-order valence-electron chi connectivity index (χ2n) is 7.83. The van der Waals surface area contributed by atoms with Gasteiger partial charge in [0, 0.05) is 31.1 Å². The Labute approximate surface area is 161 Å². The number of hydrogen-bond acceptors (Lipinski definition) is 4. The van der Waals surface area contributed by atoms with Gasteiger partial charge in [0.1, 0.15) is 0 Å². The Bertz CT molecular complexity index is 842. The fourth-order valence-corrected chi connectivity index (χ4v) is 3.43. The van der Waals surface area contributed by atoms with Crippen molar-refractivity contribution in [2.24, 2.45) is 5.92 Å². The first kappa shape index (κ1) is 18.9. The summed E-state index contributed by atoms with van der Waals surface area (Å²) in [6.45, 7) is 8.17. The van der Waals surface area contributed by atoms with E-state index in [-0.39, 0.29) is 16.9 Å². The zero-order chi connectivity index (χ0) is 18.9. The number of likely N-dealkylation sites (tertiary alicyclic amines) is 1. The summed E-state index contributed by atoms with van der Waals surface area (Å²) in [5.41, 5.74) is 0.743. The molecule has 0 aromatic carbocycles. The normalized spacial score (nSPS) is 16.1. The third kappa shape index (κ3) is 4.26. The summed E-state index contributed by atoms with van der Waals surface area (Å²) in [4.78, 5) is 26.4. The van der Waals surface area contributed by atoms with Gasteiger partial charge in [0.25, 0.3) is 11.5 Å². The summed E-state index contributed by atoms with van der Waals surface area (Å²) >= 11 is 3.22. The van der Waals surface area contributed by atoms with Crippen molar-refractivity contribution < 1.29 is 9.21 Å². The monoisotopic (exact) mass is 421 g/mol. The molecular formula is C19H24BrN3O3. The molecule has 1 saturated heterocycles. The second kappa shape index (κ2) is 7.39. The molecule has 2 aromatic heterocycles. The predicted octanol–water partition coefficient (Wildman–Crippen LogP) is 3.45. The molecule has 0 radical (unpaired) electrons. The average Bonchev–Trinajstić information content (AvgIpc) is 3.02. The summed E-state index contributed by atoms with van der Waals surface area (Å²) in [5, 5.41) is 4.55. The van der Waals surface area contributed by atoms with Crippen LogP contribution < -0.4 is 5.56 Å². The van der Waals surface area contributed by atoms with Gasteiger partial charge in [-0.25, -0.2) is 4.68 Å². The molecule has 7 heteroatoms. The highest BCUT2D eigenvalue weighted by molar-refractivity contribution is 9.10. The van der Waals surface area contributed by atoms with Crippen molar-refractivity contribution in [3.63, 3.8) is 0 Å². The Hall–Kier alpha value is -1.89. The van der Waals surface area contributed by atoms with Crippen molar-refractivity contribution in [2.45, 2.75) is 45.6 Å². The number of carbonyl (C=O) groups excluding carboxylic acids is 1. The van der Waals surface area contributed by atoms with Crippen LogP contribution in [0.3, 0.4) is 0 Å². The van der Waals surface area contributed by atoms with Gasteiger partial charge in [-0.15, -0.1) is 0 Å². The number of nitrogens with zero attached hydrogens (tertiary/aromatic N) is 3. The molecule has 3 heterocycles. The van der Waals surface area contributed by atoms with E-state index < -0.39 is 0 Å². The van der Waals surface area contributed by atoms with Crippen LogP contribution in [0.25, 0.3) is 0 Å². The van der Waals surface area contributed by atoms with Crippen molar-refractivity contribution in [1.82, 2.24) is 14.7 Å². The predicted molar refractivity (Wildman–Crippen MR) is 102 cm³/mol. The van der Waals surface area contributed by atoms with E-state index in [4.69, 9.17) is 4.42 Å². The lowest BCUT2D eigenvalue weighted by molar-refractivity contribution is 0.0647. The summed E-state index contributed by atoms with van der Waals surface area (Å²) in [6, 6.07) is 6.81. The molecule has 0 bridgehead atoms. The molecule has 0 aliphatic carbocycles. The molecule has 1 aliphatic heterocycles. The number of carbonyl (C=O) groups is 1. The van der Waals surface area contributed by atoms with E-state index in [2.05, 4.69) is 41.8 Å². The van der Waals surface area contributed by atoms with Crippen LogP contribution in [0.4, 0.5) is 0 Å². The molecule has 3 rings (SSSR count). The highest BCUT2D eigenvalue weighted by Crippen LogP contribution is 2.23. The van der Waals surface area contributed by atoms with Gasteiger partial charge in [0.15, 0.2) is 10.4 Å². The van der Waals surface area contributed by atoms with E-state index in [9.17, 15) is 9.59 Å². The van der Waals surface area contributed by atoms with E-state index in [1.54, 1.807) is 22.9 Å². The van der Waals surface area contributed by atoms with Crippen molar-refractivity contribution in [1.29, 1.82) is 0 Å². The summed E-state index contributed by atoms with van der Waals surface area (Å²) in [5.74, 6) is 0.605. The van der Waals surface area contributed by atoms with Gasteiger partial charge in [-0.3, -0.25) is 9.59 Å². The van der Waals surface area contributed by atoms with Crippen molar-refractivity contribution in [3.05, 3.63) is 50.7 Å². The number of piperidine rings is 1. The second-order valence-corrected chi connectivity index (χ2v) is 8.61. The Morgan fingerprint density at radius 3 is 2.50 bits per heavy atom. The Kier molecular flexibility index (Phi) is 5.37. The molecule has 0 N–H and O–H groups in total. The van der Waals surface area contributed by atoms with Crippen LogP contribution in [0.1, 0.15) is 49.9 Å². The molecule has 1 fully saturated rings. The number of rotatable bonds is 3. The summed E-state index contributed by atoms with van der Waals surface area (Å²) in [7, 11) is 0. The molecule has 2 aromatic rings. The number of aromatic nitrogens is 2. The Morgan fingerprint density at radius 2 is 1.92 bits per heavy atom. The molecule has 140 valence electrons. The SMILES string of the molecule is CC(C)(C)c1ccc(=O)n(CC2CCN(C(=O)c3ccc(Br)o3)CC2)n1. The van der Waals surface area contributed by atoms with Crippen LogP contribution in [0.2, 0.25) is 0 Å². The molecule has 1 aliphatic rings. The van der Waals surface area contributed by atoms with Crippen LogP contribution in [-0.2, 0) is 12.0 Å². The maximum Gasteiger partial charge on any atom is 0.289 e. The first-order chi connectivity index (χ1) is 12.2. The van der Waals surface area contributed by atoms with Crippen LogP contribution in [0.15, 0.2) is 38.1 Å². The minimum Gasteiger partial charge on any atom is -0.444 e. The highest BCUT2D eigenvalue weighted by atomic mass is 79.9. The third-order valence-corrected chi connectivity index (χ3v) is 5.18. The van der Waals surface area contributed by atoms with Crippen LogP contribution in [0.5, 0.6) is 0 Å². The highest BCUT2D eigenvalue weighted by Gasteiger charge is 2.26. The van der Waals surface area contributed by atoms with Gasteiger partial charge < -0.3 is 9.32 Å². The molecule has 0 atom stereocenters. The van der Waals surface area contributed by atoms with Gasteiger partial charge in [0.2, 0.25) is 0 Å². The number of amides is 1. The molecule has 6 nitrogen and oxygen atoms in total. The summed E-state index contributed by atoms with van der Waals surface area (Å²) in [6.07, 6.45) is 1.70. The van der Waals surface area contributed by atoms with Crippen molar-refractivity contribution >= 4 is 21.8 Å². The van der Waals surface area contributed by atoms with Crippen LogP contribution in [-0.4, -0.2) is 33.7 Å². The van der Waals surface area contributed by atoms with Crippen molar-refractivity contribution in [3.8, 4) is 0 Å². The first-order valence-corrected chi connectivity index (χ1v) is 9.66. The molecule has 0 spiro atoms. The zero-order valence-electron chi connectivity index (χ0n) is 15.4. The van der Waals surface area contributed by atoms with Crippen LogP contribution in [0, 0.1) is 5.92 Å². The quantitative estimate of drug-likeness (QED) is 0.760. The summed E-state index contributed by atoms with van der Waals surface area (Å²) < 4.78 is 7.48. The zero-order valence-corrected chi connectivity index (χ0v) is 17.0. The van der Waals surface area contributed by atoms with E-state index >= 15 is 0 Å². The van der Waals surface area contributed by atoms with Crippen LogP contribution >= 0.6 is 15.9 Å². The van der Waals surface area contributed by atoms with E-state index in [1.165, 1.54) is 0 Å². The lowest BCUT2D eigenvalue weighted by atomic mass is 9.92. The van der Waals surface area contributed by atoms with Crippen molar-refractivity contribution in [2.75, 3.05) is 13.1 Å². The van der Waals surface area contributed by atoms with E-state index in [1.807, 2.05) is 11.0 Å². The molecular weight excluding hydrogens is 398 g/mol. The lowest BCUT2D eigenvalue weighted by Crippen LogP contribution is -2.40. The Balaban J connectivity index is 1.62. The molecule has 0 saturated carbocycles. The Morgan fingerprint density at radius 1 is 1.23 bits per heavy atom. The van der Waals surface area contributed by atoms with E-state index in [0.29, 0.717) is 36.0 Å². The van der Waals surface area contributed by atoms with Gasteiger partial charge in [0.05, 0.1) is 5.69 Å². The lowest BCUT2D eigenvalue weighted by Gasteiger charge is -2.31. The standard InChI is InChI=1S/C19H24BrN3O3/c1-19(2,3)15-5-7-17(24)23(21-15)12-13-8-10-22(11-9-13)18(25)14-4-6-16(20)26-14/h4-7,13H,8-12H2,1-3H3. The number of furan rings is 1. The smallest absolute Gasteiger partial charge is 0.289 e. The largest absolute Gasteiger partial charge is 0.444 e. The molecule has 1 amide bonds. The third-order valence-electron chi connectivity index (χ3n) is 4.75.